The van der Waals surface area contributed by atoms with Gasteiger partial charge in [0.2, 0.25) is 0 Å². The van der Waals surface area contributed by atoms with Gasteiger partial charge in [-0.05, 0) is 25.5 Å². The monoisotopic (exact) mass is 262 g/mol. The quantitative estimate of drug-likeness (QED) is 0.831. The van der Waals surface area contributed by atoms with Crippen molar-refractivity contribution in [1.82, 2.24) is 9.97 Å². The molecular weight excluding hydrogens is 248 g/mol. The van der Waals surface area contributed by atoms with E-state index in [1.54, 1.807) is 6.92 Å². The van der Waals surface area contributed by atoms with Gasteiger partial charge in [-0.1, -0.05) is 29.5 Å². The number of hydrogen-bond acceptors (Lipinski definition) is 4. The van der Waals surface area contributed by atoms with Crippen LogP contribution in [-0.4, -0.2) is 15.1 Å². The maximum absolute atomic E-state index is 11.4. The van der Waals surface area contributed by atoms with Gasteiger partial charge in [-0.25, -0.2) is 4.98 Å². The van der Waals surface area contributed by atoms with Gasteiger partial charge in [0, 0.05) is 16.7 Å². The summed E-state index contributed by atoms with van der Waals surface area (Å²) in [5.74, 6) is 0. The third kappa shape index (κ3) is 3.00. The molecule has 0 amide bonds. The van der Waals surface area contributed by atoms with Crippen LogP contribution in [0.2, 0.25) is 0 Å². The zero-order chi connectivity index (χ0) is 13.1. The summed E-state index contributed by atoms with van der Waals surface area (Å²) in [7, 11) is 0. The highest BCUT2D eigenvalue weighted by molar-refractivity contribution is 7.99. The fourth-order valence-electron chi connectivity index (χ4n) is 1.64. The fourth-order valence-corrected chi connectivity index (χ4v) is 2.58. The van der Waals surface area contributed by atoms with Gasteiger partial charge in [0.1, 0.15) is 0 Å². The number of aromatic amines is 1. The number of aliphatic hydroxyl groups is 1. The molecule has 0 aliphatic carbocycles. The molecule has 0 unspecified atom stereocenters. The van der Waals surface area contributed by atoms with E-state index < -0.39 is 0 Å². The average Bonchev–Trinajstić information content (AvgIpc) is 2.30. The number of nitrogens with one attached hydrogen (secondary N) is 1. The van der Waals surface area contributed by atoms with Crippen LogP contribution in [0.5, 0.6) is 0 Å². The number of aliphatic hydroxyl groups excluding tert-OH is 1. The average molecular weight is 262 g/mol. The number of benzene rings is 1. The molecule has 0 fully saturated rings. The molecule has 0 atom stereocenters. The second kappa shape index (κ2) is 5.37. The molecular formula is C13H14N2O2S. The Morgan fingerprint density at radius 1 is 1.33 bits per heavy atom. The van der Waals surface area contributed by atoms with Crippen molar-refractivity contribution in [3.05, 3.63) is 51.4 Å². The van der Waals surface area contributed by atoms with E-state index in [1.165, 1.54) is 17.8 Å². The van der Waals surface area contributed by atoms with Gasteiger partial charge in [0.15, 0.2) is 5.16 Å². The Morgan fingerprint density at radius 3 is 2.78 bits per heavy atom. The molecule has 18 heavy (non-hydrogen) atoms. The van der Waals surface area contributed by atoms with Gasteiger partial charge in [-0.2, -0.15) is 0 Å². The Kier molecular flexibility index (Phi) is 3.84. The molecule has 2 N–H and O–H groups in total. The maximum Gasteiger partial charge on any atom is 0.251 e. The van der Waals surface area contributed by atoms with Crippen molar-refractivity contribution in [2.75, 3.05) is 0 Å². The van der Waals surface area contributed by atoms with Crippen LogP contribution in [0.4, 0.5) is 0 Å². The molecule has 0 radical (unpaired) electrons. The van der Waals surface area contributed by atoms with Crippen molar-refractivity contribution in [2.24, 2.45) is 0 Å². The van der Waals surface area contributed by atoms with Crippen LogP contribution in [0, 0.1) is 13.8 Å². The number of aromatic nitrogens is 2. The van der Waals surface area contributed by atoms with Crippen molar-refractivity contribution in [3.63, 3.8) is 0 Å². The summed E-state index contributed by atoms with van der Waals surface area (Å²) in [6.45, 7) is 3.72. The predicted octanol–water partition coefficient (Wildman–Crippen LogP) is 2.03. The Bertz CT molecular complexity index is 623. The van der Waals surface area contributed by atoms with E-state index >= 15 is 0 Å². The first-order valence-corrected chi connectivity index (χ1v) is 6.36. The second-order valence-electron chi connectivity index (χ2n) is 4.06. The minimum Gasteiger partial charge on any atom is -0.392 e. The maximum atomic E-state index is 11.4. The third-order valence-electron chi connectivity index (χ3n) is 2.44. The first-order valence-electron chi connectivity index (χ1n) is 5.54. The van der Waals surface area contributed by atoms with Crippen LogP contribution in [0.15, 0.2) is 39.1 Å². The summed E-state index contributed by atoms with van der Waals surface area (Å²) in [5, 5.41) is 9.86. The summed E-state index contributed by atoms with van der Waals surface area (Å²) < 4.78 is 0. The lowest BCUT2D eigenvalue weighted by Crippen LogP contribution is -2.08. The molecule has 1 aromatic carbocycles. The predicted molar refractivity (Wildman–Crippen MR) is 70.8 cm³/mol. The van der Waals surface area contributed by atoms with Crippen LogP contribution >= 0.6 is 11.8 Å². The Morgan fingerprint density at radius 2 is 2.11 bits per heavy atom. The molecule has 1 aromatic heterocycles. The van der Waals surface area contributed by atoms with Gasteiger partial charge >= 0.3 is 0 Å². The lowest BCUT2D eigenvalue weighted by atomic mass is 10.1. The first kappa shape index (κ1) is 12.9. The Balaban J connectivity index is 2.36. The van der Waals surface area contributed by atoms with Gasteiger partial charge in [0.05, 0.1) is 6.61 Å². The largest absolute Gasteiger partial charge is 0.392 e. The highest BCUT2D eigenvalue weighted by Crippen LogP contribution is 2.28. The minimum absolute atomic E-state index is 0.0277. The van der Waals surface area contributed by atoms with Gasteiger partial charge in [-0.3, -0.25) is 4.79 Å². The van der Waals surface area contributed by atoms with Crippen LogP contribution in [0.3, 0.4) is 0 Å². The molecule has 94 valence electrons. The number of nitrogens with zero attached hydrogens (tertiary/aromatic N) is 1. The standard InChI is InChI=1S/C13H14N2O2S/c1-8-3-4-11(10(5-8)7-16)18-13-14-9(2)6-12(17)15-13/h3-6,16H,7H2,1-2H3,(H,14,15,17). The number of hydrogen-bond donors (Lipinski definition) is 2. The van der Waals surface area contributed by atoms with Crippen LogP contribution in [-0.2, 0) is 6.61 Å². The number of H-pyrrole nitrogens is 1. The van der Waals surface area contributed by atoms with Gasteiger partial charge in [0.25, 0.3) is 5.56 Å². The summed E-state index contributed by atoms with van der Waals surface area (Å²) in [5.41, 5.74) is 2.44. The molecule has 2 rings (SSSR count). The van der Waals surface area contributed by atoms with Crippen molar-refractivity contribution < 1.29 is 5.11 Å². The lowest BCUT2D eigenvalue weighted by Gasteiger charge is -2.07. The highest BCUT2D eigenvalue weighted by Gasteiger charge is 2.06. The molecule has 5 heteroatoms. The first-order chi connectivity index (χ1) is 8.58. The van der Waals surface area contributed by atoms with E-state index in [0.717, 1.165) is 16.0 Å². The van der Waals surface area contributed by atoms with Gasteiger partial charge < -0.3 is 10.1 Å². The summed E-state index contributed by atoms with van der Waals surface area (Å²) in [6.07, 6.45) is 0. The lowest BCUT2D eigenvalue weighted by molar-refractivity contribution is 0.279. The van der Waals surface area contributed by atoms with Crippen LogP contribution in [0.25, 0.3) is 0 Å². The van der Waals surface area contributed by atoms with E-state index in [2.05, 4.69) is 9.97 Å². The van der Waals surface area contributed by atoms with E-state index in [4.69, 9.17) is 0 Å². The third-order valence-corrected chi connectivity index (χ3v) is 3.45. The highest BCUT2D eigenvalue weighted by atomic mass is 32.2. The normalized spacial score (nSPS) is 10.6. The Labute approximate surface area is 109 Å². The van der Waals surface area contributed by atoms with Crippen molar-refractivity contribution in [3.8, 4) is 0 Å². The molecule has 0 spiro atoms. The zero-order valence-electron chi connectivity index (χ0n) is 10.2. The topological polar surface area (TPSA) is 66.0 Å². The van der Waals surface area contributed by atoms with Gasteiger partial charge in [-0.15, -0.1) is 0 Å². The van der Waals surface area contributed by atoms with Crippen molar-refractivity contribution in [1.29, 1.82) is 0 Å². The van der Waals surface area contributed by atoms with Crippen LogP contribution in [0.1, 0.15) is 16.8 Å². The second-order valence-corrected chi connectivity index (χ2v) is 5.09. The number of rotatable bonds is 3. The Hall–Kier alpha value is -1.59. The molecule has 0 saturated carbocycles. The SMILES string of the molecule is Cc1ccc(Sc2nc(C)cc(=O)[nH]2)c(CO)c1. The van der Waals surface area contributed by atoms with E-state index in [1.807, 2.05) is 25.1 Å². The van der Waals surface area contributed by atoms with E-state index in [-0.39, 0.29) is 12.2 Å². The molecule has 0 bridgehead atoms. The van der Waals surface area contributed by atoms with Crippen molar-refractivity contribution >= 4 is 11.8 Å². The molecule has 0 aliphatic heterocycles. The summed E-state index contributed by atoms with van der Waals surface area (Å²) in [6, 6.07) is 7.27. The summed E-state index contributed by atoms with van der Waals surface area (Å²) >= 11 is 1.35. The zero-order valence-corrected chi connectivity index (χ0v) is 11.0. The van der Waals surface area contributed by atoms with E-state index in [0.29, 0.717) is 10.9 Å². The van der Waals surface area contributed by atoms with Crippen molar-refractivity contribution in [2.45, 2.75) is 30.5 Å². The molecule has 0 aliphatic rings. The molecule has 4 nitrogen and oxygen atoms in total. The number of aryl methyl sites for hydroxylation is 2. The fraction of sp³-hybridized carbons (Fsp3) is 0.231. The smallest absolute Gasteiger partial charge is 0.251 e. The van der Waals surface area contributed by atoms with E-state index in [9.17, 15) is 9.90 Å². The molecule has 0 saturated heterocycles. The summed E-state index contributed by atoms with van der Waals surface area (Å²) in [4.78, 5) is 19.2. The molecule has 2 aromatic rings. The minimum atomic E-state index is -0.164. The van der Waals surface area contributed by atoms with Crippen LogP contribution < -0.4 is 5.56 Å². The molecule has 1 heterocycles.